The predicted molar refractivity (Wildman–Crippen MR) is 156 cm³/mol. The van der Waals surface area contributed by atoms with Crippen LogP contribution in [0.4, 0.5) is 24.8 Å². The van der Waals surface area contributed by atoms with Crippen molar-refractivity contribution in [2.45, 2.75) is 82.2 Å². The molecule has 4 heterocycles. The van der Waals surface area contributed by atoms with Gasteiger partial charge < -0.3 is 15.7 Å². The van der Waals surface area contributed by atoms with E-state index in [0.717, 1.165) is 10.8 Å². The molecule has 3 aliphatic rings. The Hall–Kier alpha value is -3.78. The molecule has 2 bridgehead atoms. The van der Waals surface area contributed by atoms with Gasteiger partial charge in [0.1, 0.15) is 27.2 Å². The number of carbonyl (C=O) groups is 1. The summed E-state index contributed by atoms with van der Waals surface area (Å²) in [4.78, 5) is 37.6. The van der Waals surface area contributed by atoms with Crippen molar-refractivity contribution in [1.29, 1.82) is 0 Å². The molecule has 43 heavy (non-hydrogen) atoms. The highest BCUT2D eigenvalue weighted by molar-refractivity contribution is 7.15. The highest BCUT2D eigenvalue weighted by Crippen LogP contribution is 2.51. The van der Waals surface area contributed by atoms with E-state index in [4.69, 9.17) is 4.11 Å². The molecule has 0 saturated heterocycles. The molecule has 0 spiro atoms. The minimum absolute atomic E-state index is 0.00230. The highest BCUT2D eigenvalue weighted by atomic mass is 32.1. The van der Waals surface area contributed by atoms with Gasteiger partial charge in [0.25, 0.3) is 0 Å². The maximum Gasteiger partial charge on any atom is 0.427 e. The van der Waals surface area contributed by atoms with Crippen LogP contribution in [0.1, 0.15) is 73.8 Å². The average Bonchev–Trinajstić information content (AvgIpc) is 3.56. The van der Waals surface area contributed by atoms with E-state index in [1.54, 1.807) is 10.6 Å². The smallest absolute Gasteiger partial charge is 0.386 e. The lowest BCUT2D eigenvalue weighted by Gasteiger charge is -2.53. The van der Waals surface area contributed by atoms with E-state index in [-0.39, 0.29) is 39.3 Å². The zero-order valence-corrected chi connectivity index (χ0v) is 24.5. The van der Waals surface area contributed by atoms with Gasteiger partial charge in [-0.25, -0.2) is 19.7 Å². The number of thiazole rings is 1. The van der Waals surface area contributed by atoms with E-state index in [2.05, 4.69) is 25.6 Å². The lowest BCUT2D eigenvalue weighted by molar-refractivity contribution is -0.134. The first-order chi connectivity index (χ1) is 21.3. The van der Waals surface area contributed by atoms with Gasteiger partial charge in [-0.2, -0.15) is 13.2 Å². The molecule has 3 N–H and O–H groups in total. The topological polar surface area (TPSA) is 127 Å². The summed E-state index contributed by atoms with van der Waals surface area (Å²) in [6, 6.07) is 4.54. The summed E-state index contributed by atoms with van der Waals surface area (Å²) in [5.41, 5.74) is -2.17. The number of nitrogens with zero attached hydrogens (tertiary/aromatic N) is 5. The van der Waals surface area contributed by atoms with Gasteiger partial charge in [0.15, 0.2) is 0 Å². The van der Waals surface area contributed by atoms with Crippen LogP contribution in [0.3, 0.4) is 0 Å². The number of amides is 1. The Morgan fingerprint density at radius 3 is 2.33 bits per heavy atom. The number of aryl methyl sites for hydroxylation is 1. The Morgan fingerprint density at radius 1 is 1.05 bits per heavy atom. The summed E-state index contributed by atoms with van der Waals surface area (Å²) >= 11 is 0.421. The summed E-state index contributed by atoms with van der Waals surface area (Å²) in [7, 11) is 0. The number of aliphatic hydroxyl groups is 1. The molecule has 14 heteroatoms. The van der Waals surface area contributed by atoms with E-state index < -0.39 is 34.9 Å². The van der Waals surface area contributed by atoms with E-state index in [9.17, 15) is 27.9 Å². The van der Waals surface area contributed by atoms with Gasteiger partial charge >= 0.3 is 11.9 Å². The van der Waals surface area contributed by atoms with Crippen molar-refractivity contribution in [3.63, 3.8) is 0 Å². The summed E-state index contributed by atoms with van der Waals surface area (Å²) in [6.07, 6.45) is 1.04. The Morgan fingerprint density at radius 2 is 1.74 bits per heavy atom. The van der Waals surface area contributed by atoms with Gasteiger partial charge in [-0.1, -0.05) is 0 Å². The van der Waals surface area contributed by atoms with Crippen molar-refractivity contribution >= 4 is 39.9 Å². The van der Waals surface area contributed by atoms with Gasteiger partial charge in [-0.15, -0.1) is 11.3 Å². The Balaban J connectivity index is 1.43. The third kappa shape index (κ3) is 5.20. The molecule has 3 fully saturated rings. The van der Waals surface area contributed by atoms with Crippen LogP contribution in [-0.4, -0.2) is 40.6 Å². The average molecular weight is 619 g/mol. The van der Waals surface area contributed by atoms with Gasteiger partial charge in [0.2, 0.25) is 5.91 Å². The van der Waals surface area contributed by atoms with Gasteiger partial charge in [-0.3, -0.25) is 13.9 Å². The summed E-state index contributed by atoms with van der Waals surface area (Å²) < 4.78 is 66.5. The van der Waals surface area contributed by atoms with Crippen LogP contribution < -0.4 is 16.3 Å². The monoisotopic (exact) mass is 618 g/mol. The van der Waals surface area contributed by atoms with Crippen LogP contribution in [0, 0.1) is 0 Å². The number of anilines is 2. The lowest BCUT2D eigenvalue weighted by Crippen LogP contribution is -2.60. The molecule has 228 valence electrons. The number of pyridine rings is 2. The van der Waals surface area contributed by atoms with Crippen LogP contribution in [0.25, 0.3) is 21.7 Å². The number of halogens is 3. The second kappa shape index (κ2) is 9.88. The molecule has 3 aliphatic carbocycles. The van der Waals surface area contributed by atoms with Crippen LogP contribution in [0.2, 0.25) is 0 Å². The predicted octanol–water partition coefficient (Wildman–Crippen LogP) is 5.18. The van der Waals surface area contributed by atoms with Crippen molar-refractivity contribution in [2.75, 3.05) is 5.32 Å². The molecule has 0 aliphatic heterocycles. The molecular weight excluding hydrogens is 583 g/mol. The second-order valence-corrected chi connectivity index (χ2v) is 13.1. The first kappa shape index (κ1) is 25.7. The molecule has 4 aromatic heterocycles. The minimum Gasteiger partial charge on any atom is -0.386 e. The van der Waals surface area contributed by atoms with Crippen molar-refractivity contribution in [1.82, 2.24) is 29.4 Å². The quantitative estimate of drug-likeness (QED) is 0.272. The molecule has 4 aromatic rings. The minimum atomic E-state index is -4.58. The molecule has 0 atom stereocenters. The first-order valence-electron chi connectivity index (χ1n) is 15.3. The number of carbonyl (C=O) groups excluding carboxylic acids is 1. The number of nitrogens with one attached hydrogen (secondary N) is 2. The Kier molecular flexibility index (Phi) is 5.90. The SMILES string of the molecule is [2H]C([2H])([2H])n1c(=O)n(C23CCC(NC(C)=O)(CC2)CC3)c2cc(Nc3cc(C(C)(C)O)cc(-c4ncc(C(F)(F)F)s4)n3)ncc21. The zero-order valence-electron chi connectivity index (χ0n) is 26.7. The van der Waals surface area contributed by atoms with E-state index in [1.165, 1.54) is 39.1 Å². The van der Waals surface area contributed by atoms with Gasteiger partial charge in [0, 0.05) is 35.2 Å². The summed E-state index contributed by atoms with van der Waals surface area (Å²) in [6.45, 7) is 1.74. The summed E-state index contributed by atoms with van der Waals surface area (Å²) in [5, 5.41) is 16.9. The number of rotatable bonds is 6. The first-order valence-corrected chi connectivity index (χ1v) is 14.6. The molecule has 0 aromatic carbocycles. The third-order valence-corrected chi connectivity index (χ3v) is 9.71. The van der Waals surface area contributed by atoms with Crippen LogP contribution >= 0.6 is 11.3 Å². The molecular formula is C29H32F3N7O3S. The van der Waals surface area contributed by atoms with Gasteiger partial charge in [-0.05, 0) is 70.1 Å². The number of hydrogen-bond donors (Lipinski definition) is 3. The van der Waals surface area contributed by atoms with E-state index in [1.807, 2.05) is 0 Å². The van der Waals surface area contributed by atoms with Crippen LogP contribution in [0.5, 0.6) is 0 Å². The maximum absolute atomic E-state index is 13.9. The second-order valence-electron chi connectivity index (χ2n) is 12.0. The van der Waals surface area contributed by atoms with Gasteiger partial charge in [0.05, 0.1) is 29.0 Å². The number of alkyl halides is 3. The normalized spacial score (nSPS) is 23.6. The largest absolute Gasteiger partial charge is 0.427 e. The zero-order chi connectivity index (χ0) is 33.4. The molecule has 0 unspecified atom stereocenters. The fourth-order valence-electron chi connectivity index (χ4n) is 6.40. The Bertz CT molecular complexity index is 1890. The van der Waals surface area contributed by atoms with Crippen molar-refractivity contribution < 1.29 is 27.2 Å². The Labute approximate surface area is 253 Å². The molecule has 7 rings (SSSR count). The standard InChI is InChI=1S/C29H32F3N7O3S/c1-16(40)37-27-5-8-28(9-6-27,10-7-27)39-19-13-22(33-14-20(19)38(4)25(39)41)36-23-12-17(26(2,3)42)11-18(35-23)24-34-15-21(43-24)29(30,31)32/h11-15,42H,5-10H2,1-4H3,(H,37,40)(H,33,35,36)/i4D3. The van der Waals surface area contributed by atoms with Crippen LogP contribution in [-0.2, 0) is 29.1 Å². The molecule has 0 radical (unpaired) electrons. The van der Waals surface area contributed by atoms with Crippen molar-refractivity contribution in [3.05, 3.63) is 51.5 Å². The van der Waals surface area contributed by atoms with Crippen LogP contribution in [0.15, 0.2) is 35.4 Å². The van der Waals surface area contributed by atoms with Crippen molar-refractivity contribution in [3.8, 4) is 10.7 Å². The highest BCUT2D eigenvalue weighted by Gasteiger charge is 2.51. The summed E-state index contributed by atoms with van der Waals surface area (Å²) in [5.74, 6) is 0.220. The number of aromatic nitrogens is 5. The molecule has 10 nitrogen and oxygen atoms in total. The van der Waals surface area contributed by atoms with E-state index >= 15 is 0 Å². The third-order valence-electron chi connectivity index (χ3n) is 8.64. The fraction of sp³-hybridized carbons (Fsp3) is 0.483. The fourth-order valence-corrected chi connectivity index (χ4v) is 7.14. The maximum atomic E-state index is 13.9. The molecule has 3 saturated carbocycles. The van der Waals surface area contributed by atoms with E-state index in [0.29, 0.717) is 60.9 Å². The number of hydrogen-bond acceptors (Lipinski definition) is 8. The van der Waals surface area contributed by atoms with Crippen molar-refractivity contribution in [2.24, 2.45) is 6.98 Å². The number of fused-ring (bicyclic) bond motifs is 4. The number of imidazole rings is 1. The lowest BCUT2D eigenvalue weighted by atomic mass is 9.61. The molecule has 1 amide bonds.